The second kappa shape index (κ2) is 7.64. The van der Waals surface area contributed by atoms with Gasteiger partial charge in [-0.2, -0.15) is 0 Å². The molecule has 0 spiro atoms. The number of carbonyl (C=O) groups is 2. The van der Waals surface area contributed by atoms with E-state index in [0.717, 1.165) is 5.56 Å². The van der Waals surface area contributed by atoms with Crippen molar-refractivity contribution in [1.82, 2.24) is 4.90 Å². The Balaban J connectivity index is 2.36. The number of amides is 2. The third kappa shape index (κ3) is 6.76. The van der Waals surface area contributed by atoms with E-state index in [1.54, 1.807) is 14.0 Å². The second-order valence-corrected chi connectivity index (χ2v) is 5.51. The van der Waals surface area contributed by atoms with Gasteiger partial charge in [0.15, 0.2) is 0 Å². The maximum Gasteiger partial charge on any atom is 0.409 e. The summed E-state index contributed by atoms with van der Waals surface area (Å²) >= 11 is 0. The van der Waals surface area contributed by atoms with Crippen molar-refractivity contribution in [3.8, 4) is 0 Å². The highest BCUT2D eigenvalue weighted by Gasteiger charge is 2.23. The number of hydrogen-bond acceptors (Lipinski definition) is 4. The van der Waals surface area contributed by atoms with Crippen LogP contribution in [0.2, 0.25) is 0 Å². The zero-order chi connectivity index (χ0) is 15.9. The Kier molecular flexibility index (Phi) is 6.17. The number of carbonyl (C=O) groups excluding carboxylic acids is 2. The fraction of sp³-hybridized carbons (Fsp3) is 0.467. The Morgan fingerprint density at radius 1 is 1.29 bits per heavy atom. The SMILES string of the molecule is CN(CCC(C)(N)CC(N)=O)C(=O)OCc1ccccc1. The molecule has 116 valence electrons. The van der Waals surface area contributed by atoms with Gasteiger partial charge in [-0.25, -0.2) is 4.79 Å². The quantitative estimate of drug-likeness (QED) is 0.790. The molecule has 0 fully saturated rings. The Morgan fingerprint density at radius 2 is 1.90 bits per heavy atom. The molecular weight excluding hydrogens is 270 g/mol. The molecule has 0 aliphatic heterocycles. The molecule has 4 N–H and O–H groups in total. The van der Waals surface area contributed by atoms with Crippen molar-refractivity contribution < 1.29 is 14.3 Å². The average molecular weight is 293 g/mol. The first kappa shape index (κ1) is 17.0. The van der Waals surface area contributed by atoms with E-state index < -0.39 is 17.5 Å². The van der Waals surface area contributed by atoms with Crippen molar-refractivity contribution in [3.05, 3.63) is 35.9 Å². The molecule has 2 amide bonds. The van der Waals surface area contributed by atoms with Crippen molar-refractivity contribution in [2.45, 2.75) is 31.9 Å². The molecule has 0 aliphatic rings. The van der Waals surface area contributed by atoms with E-state index in [9.17, 15) is 9.59 Å². The minimum atomic E-state index is -0.722. The summed E-state index contributed by atoms with van der Waals surface area (Å²) in [7, 11) is 1.63. The smallest absolute Gasteiger partial charge is 0.409 e. The predicted octanol–water partition coefficient (Wildman–Crippen LogP) is 1.24. The van der Waals surface area contributed by atoms with E-state index in [0.29, 0.717) is 13.0 Å². The highest BCUT2D eigenvalue weighted by atomic mass is 16.6. The summed E-state index contributed by atoms with van der Waals surface area (Å²) in [5.74, 6) is -0.450. The zero-order valence-corrected chi connectivity index (χ0v) is 12.5. The van der Waals surface area contributed by atoms with Crippen LogP contribution < -0.4 is 11.5 Å². The zero-order valence-electron chi connectivity index (χ0n) is 12.5. The third-order valence-electron chi connectivity index (χ3n) is 3.11. The molecule has 1 unspecified atom stereocenters. The van der Waals surface area contributed by atoms with Crippen LogP contribution in [0, 0.1) is 0 Å². The van der Waals surface area contributed by atoms with E-state index in [-0.39, 0.29) is 13.0 Å². The predicted molar refractivity (Wildman–Crippen MR) is 80.3 cm³/mol. The highest BCUT2D eigenvalue weighted by Crippen LogP contribution is 2.11. The molecule has 0 aromatic heterocycles. The molecular formula is C15H23N3O3. The van der Waals surface area contributed by atoms with Gasteiger partial charge >= 0.3 is 6.09 Å². The molecule has 0 heterocycles. The van der Waals surface area contributed by atoms with Crippen LogP contribution in [0.3, 0.4) is 0 Å². The fourth-order valence-corrected chi connectivity index (χ4v) is 1.83. The summed E-state index contributed by atoms with van der Waals surface area (Å²) in [6, 6.07) is 9.44. The van der Waals surface area contributed by atoms with Crippen molar-refractivity contribution in [1.29, 1.82) is 0 Å². The number of primary amides is 1. The van der Waals surface area contributed by atoms with Crippen LogP contribution in [0.1, 0.15) is 25.3 Å². The number of hydrogen-bond donors (Lipinski definition) is 2. The summed E-state index contributed by atoms with van der Waals surface area (Å²) in [5.41, 5.74) is 11.3. The van der Waals surface area contributed by atoms with Crippen molar-refractivity contribution in [2.24, 2.45) is 11.5 Å². The lowest BCUT2D eigenvalue weighted by molar-refractivity contribution is -0.119. The maximum absolute atomic E-state index is 11.8. The molecule has 1 aromatic carbocycles. The van der Waals surface area contributed by atoms with E-state index in [4.69, 9.17) is 16.2 Å². The molecule has 21 heavy (non-hydrogen) atoms. The summed E-state index contributed by atoms with van der Waals surface area (Å²) in [6.45, 7) is 2.36. The number of benzene rings is 1. The van der Waals surface area contributed by atoms with Gasteiger partial charge in [0, 0.05) is 25.6 Å². The lowest BCUT2D eigenvalue weighted by Gasteiger charge is -2.26. The van der Waals surface area contributed by atoms with Crippen LogP contribution in [-0.4, -0.2) is 36.0 Å². The van der Waals surface area contributed by atoms with E-state index in [2.05, 4.69) is 0 Å². The number of ether oxygens (including phenoxy) is 1. The van der Waals surface area contributed by atoms with E-state index in [1.165, 1.54) is 4.90 Å². The molecule has 1 atom stereocenters. The topological polar surface area (TPSA) is 98.6 Å². The first-order valence-electron chi connectivity index (χ1n) is 6.79. The standard InChI is InChI=1S/C15H23N3O3/c1-15(17,10-13(16)19)8-9-18(2)14(20)21-11-12-6-4-3-5-7-12/h3-7H,8-11,17H2,1-2H3,(H2,16,19). The molecule has 0 saturated heterocycles. The molecule has 6 heteroatoms. The molecule has 0 bridgehead atoms. The van der Waals surface area contributed by atoms with Crippen LogP contribution in [0.5, 0.6) is 0 Å². The normalized spacial score (nSPS) is 13.3. The van der Waals surface area contributed by atoms with Crippen LogP contribution >= 0.6 is 0 Å². The highest BCUT2D eigenvalue weighted by molar-refractivity contribution is 5.75. The maximum atomic E-state index is 11.8. The van der Waals surface area contributed by atoms with Gasteiger partial charge in [-0.1, -0.05) is 30.3 Å². The summed E-state index contributed by atoms with van der Waals surface area (Å²) in [4.78, 5) is 24.2. The summed E-state index contributed by atoms with van der Waals surface area (Å²) < 4.78 is 5.19. The molecule has 0 aliphatic carbocycles. The van der Waals surface area contributed by atoms with Crippen molar-refractivity contribution in [2.75, 3.05) is 13.6 Å². The first-order chi connectivity index (χ1) is 9.80. The summed E-state index contributed by atoms with van der Waals surface area (Å²) in [5, 5.41) is 0. The average Bonchev–Trinajstić information content (AvgIpc) is 2.42. The first-order valence-corrected chi connectivity index (χ1v) is 6.79. The number of nitrogens with two attached hydrogens (primary N) is 2. The van der Waals surface area contributed by atoms with Crippen LogP contribution in [0.15, 0.2) is 30.3 Å². The lowest BCUT2D eigenvalue weighted by atomic mass is 9.94. The van der Waals surface area contributed by atoms with Gasteiger partial charge in [-0.15, -0.1) is 0 Å². The van der Waals surface area contributed by atoms with E-state index in [1.807, 2.05) is 30.3 Å². The van der Waals surface area contributed by atoms with Gasteiger partial charge in [-0.05, 0) is 18.9 Å². The molecule has 6 nitrogen and oxygen atoms in total. The minimum Gasteiger partial charge on any atom is -0.445 e. The Morgan fingerprint density at radius 3 is 2.48 bits per heavy atom. The summed E-state index contributed by atoms with van der Waals surface area (Å²) in [6.07, 6.45) is 0.126. The van der Waals surface area contributed by atoms with Crippen molar-refractivity contribution in [3.63, 3.8) is 0 Å². The number of rotatable bonds is 7. The Hall–Kier alpha value is -2.08. The Labute approximate surface area is 125 Å². The third-order valence-corrected chi connectivity index (χ3v) is 3.11. The minimum absolute atomic E-state index is 0.0832. The van der Waals surface area contributed by atoms with E-state index >= 15 is 0 Å². The largest absolute Gasteiger partial charge is 0.445 e. The van der Waals surface area contributed by atoms with Crippen LogP contribution in [0.25, 0.3) is 0 Å². The molecule has 1 aromatic rings. The number of nitrogens with zero attached hydrogens (tertiary/aromatic N) is 1. The Bertz CT molecular complexity index is 474. The van der Waals surface area contributed by atoms with Gasteiger partial charge in [0.05, 0.1) is 0 Å². The van der Waals surface area contributed by atoms with Gasteiger partial charge in [0.2, 0.25) is 5.91 Å². The molecule has 0 saturated carbocycles. The van der Waals surface area contributed by atoms with Crippen LogP contribution in [-0.2, 0) is 16.1 Å². The molecule has 1 rings (SSSR count). The van der Waals surface area contributed by atoms with Crippen molar-refractivity contribution >= 4 is 12.0 Å². The van der Waals surface area contributed by atoms with Gasteiger partial charge in [0.1, 0.15) is 6.61 Å². The van der Waals surface area contributed by atoms with Gasteiger partial charge in [-0.3, -0.25) is 4.79 Å². The monoisotopic (exact) mass is 293 g/mol. The van der Waals surface area contributed by atoms with Gasteiger partial charge < -0.3 is 21.1 Å². The fourth-order valence-electron chi connectivity index (χ4n) is 1.83. The van der Waals surface area contributed by atoms with Gasteiger partial charge in [0.25, 0.3) is 0 Å². The lowest BCUT2D eigenvalue weighted by Crippen LogP contribution is -2.43. The molecule has 0 radical (unpaired) electrons. The van der Waals surface area contributed by atoms with Crippen LogP contribution in [0.4, 0.5) is 4.79 Å². The second-order valence-electron chi connectivity index (χ2n) is 5.51.